The number of amides is 1. The van der Waals surface area contributed by atoms with Crippen molar-refractivity contribution >= 4 is 12.1 Å². The number of hydrogen-bond donors (Lipinski definition) is 3. The first-order valence-corrected chi connectivity index (χ1v) is 8.34. The molecular weight excluding hydrogens is 363 g/mol. The Bertz CT molecular complexity index is 1000. The lowest BCUT2D eigenvalue weighted by atomic mass is 10.2. The normalized spacial score (nSPS) is 10.8. The van der Waals surface area contributed by atoms with E-state index in [4.69, 9.17) is 4.74 Å². The fourth-order valence-electron chi connectivity index (χ4n) is 2.36. The van der Waals surface area contributed by atoms with Gasteiger partial charge in [-0.15, -0.1) is 0 Å². The molecule has 28 heavy (non-hydrogen) atoms. The highest BCUT2D eigenvalue weighted by Crippen LogP contribution is 2.21. The van der Waals surface area contributed by atoms with E-state index in [9.17, 15) is 19.4 Å². The minimum atomic E-state index is -0.659. The third kappa shape index (κ3) is 5.07. The lowest BCUT2D eigenvalue weighted by Crippen LogP contribution is -2.17. The molecule has 3 N–H and O–H groups in total. The molecule has 3 rings (SSSR count). The van der Waals surface area contributed by atoms with Crippen molar-refractivity contribution in [1.82, 2.24) is 5.43 Å². The van der Waals surface area contributed by atoms with Crippen molar-refractivity contribution in [1.29, 1.82) is 0 Å². The number of hydrogen-bond acceptors (Lipinski definition) is 5. The van der Waals surface area contributed by atoms with Crippen LogP contribution in [0.15, 0.2) is 71.8 Å². The molecule has 0 radical (unpaired) electrons. The predicted molar refractivity (Wildman–Crippen MR) is 102 cm³/mol. The highest BCUT2D eigenvalue weighted by Gasteiger charge is 2.11. The van der Waals surface area contributed by atoms with Crippen LogP contribution in [0.25, 0.3) is 0 Å². The smallest absolute Gasteiger partial charge is 0.275 e. The summed E-state index contributed by atoms with van der Waals surface area (Å²) in [6, 6.07) is 16.7. The van der Waals surface area contributed by atoms with Crippen LogP contribution < -0.4 is 10.2 Å². The van der Waals surface area contributed by atoms with Crippen molar-refractivity contribution in [2.45, 2.75) is 6.61 Å². The van der Waals surface area contributed by atoms with E-state index in [1.807, 2.05) is 0 Å². The van der Waals surface area contributed by atoms with E-state index < -0.39 is 5.91 Å². The molecule has 0 fully saturated rings. The van der Waals surface area contributed by atoms with Crippen LogP contribution >= 0.6 is 0 Å². The fourth-order valence-corrected chi connectivity index (χ4v) is 2.36. The number of nitrogens with zero attached hydrogens (tertiary/aromatic N) is 1. The molecule has 7 heteroatoms. The second kappa shape index (κ2) is 8.68. The second-order valence-corrected chi connectivity index (χ2v) is 5.89. The Balaban J connectivity index is 1.59. The van der Waals surface area contributed by atoms with Crippen LogP contribution in [0.1, 0.15) is 21.5 Å². The number of aromatic hydroxyl groups is 2. The lowest BCUT2D eigenvalue weighted by molar-refractivity contribution is 0.0952. The Morgan fingerprint density at radius 1 is 1.07 bits per heavy atom. The standard InChI is InChI=1S/C21H17FN2O4/c22-16-6-4-14(5-7-16)13-28-18-3-1-2-15(10-18)12-23-24-21(27)19-11-17(25)8-9-20(19)26/h1-12,25-26H,13H2,(H,24,27). The van der Waals surface area contributed by atoms with Crippen LogP contribution in [-0.2, 0) is 6.61 Å². The summed E-state index contributed by atoms with van der Waals surface area (Å²) in [7, 11) is 0. The van der Waals surface area contributed by atoms with Gasteiger partial charge in [-0.1, -0.05) is 24.3 Å². The first kappa shape index (κ1) is 18.9. The maximum Gasteiger partial charge on any atom is 0.275 e. The Morgan fingerprint density at radius 2 is 1.86 bits per heavy atom. The maximum atomic E-state index is 12.9. The van der Waals surface area contributed by atoms with Gasteiger partial charge >= 0.3 is 0 Å². The minimum absolute atomic E-state index is 0.0893. The lowest BCUT2D eigenvalue weighted by Gasteiger charge is -2.07. The molecule has 0 saturated heterocycles. The Kier molecular flexibility index (Phi) is 5.86. The summed E-state index contributed by atoms with van der Waals surface area (Å²) >= 11 is 0. The van der Waals surface area contributed by atoms with Gasteiger partial charge < -0.3 is 14.9 Å². The Hall–Kier alpha value is -3.87. The number of ether oxygens (including phenoxy) is 1. The third-order valence-corrected chi connectivity index (χ3v) is 3.78. The van der Waals surface area contributed by atoms with Gasteiger partial charge in [0, 0.05) is 0 Å². The number of phenols is 2. The molecule has 3 aromatic carbocycles. The molecule has 0 heterocycles. The van der Waals surface area contributed by atoms with Crippen LogP contribution in [-0.4, -0.2) is 22.3 Å². The molecule has 0 aromatic heterocycles. The molecule has 0 aliphatic rings. The SMILES string of the molecule is O=C(NN=Cc1cccc(OCc2ccc(F)cc2)c1)c1cc(O)ccc1O. The first-order chi connectivity index (χ1) is 13.5. The van der Waals surface area contributed by atoms with E-state index in [1.54, 1.807) is 36.4 Å². The number of hydrazone groups is 1. The summed E-state index contributed by atoms with van der Waals surface area (Å²) < 4.78 is 18.6. The molecule has 1 amide bonds. The third-order valence-electron chi connectivity index (χ3n) is 3.78. The molecule has 0 bridgehead atoms. The molecule has 0 atom stereocenters. The Morgan fingerprint density at radius 3 is 2.64 bits per heavy atom. The molecule has 0 aliphatic heterocycles. The van der Waals surface area contributed by atoms with Gasteiger partial charge in [0.15, 0.2) is 0 Å². The van der Waals surface area contributed by atoms with Crippen molar-refractivity contribution in [3.05, 3.63) is 89.2 Å². The summed E-state index contributed by atoms with van der Waals surface area (Å²) in [5, 5.41) is 22.9. The molecule has 142 valence electrons. The number of halogens is 1. The summed E-state index contributed by atoms with van der Waals surface area (Å²) in [5.74, 6) is -0.777. The van der Waals surface area contributed by atoms with E-state index in [1.165, 1.54) is 30.5 Å². The number of carbonyl (C=O) groups is 1. The van der Waals surface area contributed by atoms with Gasteiger partial charge in [-0.3, -0.25) is 4.79 Å². The number of carbonyl (C=O) groups excluding carboxylic acids is 1. The second-order valence-electron chi connectivity index (χ2n) is 5.89. The van der Waals surface area contributed by atoms with Crippen LogP contribution in [0.2, 0.25) is 0 Å². The largest absolute Gasteiger partial charge is 0.508 e. The Labute approximate surface area is 160 Å². The van der Waals surface area contributed by atoms with E-state index in [0.29, 0.717) is 11.3 Å². The molecule has 3 aromatic rings. The number of nitrogens with one attached hydrogen (secondary N) is 1. The summed E-state index contributed by atoms with van der Waals surface area (Å²) in [4.78, 5) is 12.0. The van der Waals surface area contributed by atoms with E-state index in [2.05, 4.69) is 10.5 Å². The molecule has 0 unspecified atom stereocenters. The zero-order valence-electron chi connectivity index (χ0n) is 14.7. The van der Waals surface area contributed by atoms with Gasteiger partial charge in [0.05, 0.1) is 11.8 Å². The highest BCUT2D eigenvalue weighted by atomic mass is 19.1. The van der Waals surface area contributed by atoms with E-state index in [-0.39, 0.29) is 29.5 Å². The average molecular weight is 380 g/mol. The molecule has 0 spiro atoms. The van der Waals surface area contributed by atoms with Crippen molar-refractivity contribution in [2.24, 2.45) is 5.10 Å². The minimum Gasteiger partial charge on any atom is -0.508 e. The van der Waals surface area contributed by atoms with E-state index >= 15 is 0 Å². The predicted octanol–water partition coefficient (Wildman–Crippen LogP) is 3.58. The summed E-state index contributed by atoms with van der Waals surface area (Å²) in [5.41, 5.74) is 3.70. The zero-order valence-corrected chi connectivity index (χ0v) is 14.7. The van der Waals surface area contributed by atoms with Crippen molar-refractivity contribution in [3.63, 3.8) is 0 Å². The van der Waals surface area contributed by atoms with Crippen molar-refractivity contribution in [2.75, 3.05) is 0 Å². The van der Waals surface area contributed by atoms with Gasteiger partial charge in [-0.25, -0.2) is 9.82 Å². The molecule has 6 nitrogen and oxygen atoms in total. The number of phenolic OH excluding ortho intramolecular Hbond substituents is 2. The van der Waals surface area contributed by atoms with Gasteiger partial charge in [-0.2, -0.15) is 5.10 Å². The van der Waals surface area contributed by atoms with Crippen LogP contribution in [0.3, 0.4) is 0 Å². The summed E-state index contributed by atoms with van der Waals surface area (Å²) in [6.45, 7) is 0.286. The van der Waals surface area contributed by atoms with Gasteiger partial charge in [0.2, 0.25) is 0 Å². The number of benzene rings is 3. The van der Waals surface area contributed by atoms with Gasteiger partial charge in [0.1, 0.15) is 29.7 Å². The quantitative estimate of drug-likeness (QED) is 0.346. The summed E-state index contributed by atoms with van der Waals surface area (Å²) in [6.07, 6.45) is 1.42. The number of rotatable bonds is 6. The van der Waals surface area contributed by atoms with E-state index in [0.717, 1.165) is 11.6 Å². The molecule has 0 saturated carbocycles. The monoisotopic (exact) mass is 380 g/mol. The molecule has 0 aliphatic carbocycles. The highest BCUT2D eigenvalue weighted by molar-refractivity contribution is 5.97. The fraction of sp³-hybridized carbons (Fsp3) is 0.0476. The van der Waals surface area contributed by atoms with Crippen molar-refractivity contribution in [3.8, 4) is 17.2 Å². The average Bonchev–Trinajstić information content (AvgIpc) is 2.69. The van der Waals surface area contributed by atoms with Crippen LogP contribution in [0.5, 0.6) is 17.2 Å². The zero-order chi connectivity index (χ0) is 19.9. The topological polar surface area (TPSA) is 91.2 Å². The van der Waals surface area contributed by atoms with Gasteiger partial charge in [-0.05, 0) is 53.6 Å². The van der Waals surface area contributed by atoms with Crippen molar-refractivity contribution < 1.29 is 24.1 Å². The molecular formula is C21H17FN2O4. The van der Waals surface area contributed by atoms with Crippen LogP contribution in [0, 0.1) is 5.82 Å². The van der Waals surface area contributed by atoms with Crippen LogP contribution in [0.4, 0.5) is 4.39 Å². The first-order valence-electron chi connectivity index (χ1n) is 8.34. The van der Waals surface area contributed by atoms with Gasteiger partial charge in [0.25, 0.3) is 5.91 Å². The maximum absolute atomic E-state index is 12.9.